The van der Waals surface area contributed by atoms with Crippen LogP contribution in [0.15, 0.2) is 17.2 Å². The van der Waals surface area contributed by atoms with Crippen LogP contribution >= 0.6 is 0 Å². The number of aromatic amines is 1. The number of hydrogen-bond donors (Lipinski definition) is 3. The summed E-state index contributed by atoms with van der Waals surface area (Å²) in [5.41, 5.74) is 0.843. The van der Waals surface area contributed by atoms with Gasteiger partial charge in [0.15, 0.2) is 0 Å². The minimum atomic E-state index is -3.44. The van der Waals surface area contributed by atoms with Crippen molar-refractivity contribution >= 4 is 10.0 Å². The van der Waals surface area contributed by atoms with Gasteiger partial charge in [0.25, 0.3) is 0 Å². The van der Waals surface area contributed by atoms with Gasteiger partial charge in [-0.15, -0.1) is 0 Å². The lowest BCUT2D eigenvalue weighted by Crippen LogP contribution is -2.28. The summed E-state index contributed by atoms with van der Waals surface area (Å²) in [6.45, 7) is 1.35. The van der Waals surface area contributed by atoms with Gasteiger partial charge in [0.2, 0.25) is 10.0 Å². The van der Waals surface area contributed by atoms with Crippen LogP contribution in [0.4, 0.5) is 0 Å². The second-order valence-corrected chi connectivity index (χ2v) is 6.83. The first-order valence-electron chi connectivity index (χ1n) is 7.05. The molecule has 0 bridgehead atoms. The zero-order valence-electron chi connectivity index (χ0n) is 11.8. The molecule has 3 N–H and O–H groups in total. The summed E-state index contributed by atoms with van der Waals surface area (Å²) in [5, 5.41) is 2.97. The molecule has 1 aromatic heterocycles. The highest BCUT2D eigenvalue weighted by atomic mass is 32.2. The molecule has 0 unspecified atom stereocenters. The molecular weight excluding hydrogens is 278 g/mol. The number of aromatic nitrogens is 1. The smallest absolute Gasteiger partial charge is 0.242 e. The number of hydrogen-bond acceptors (Lipinski definition) is 4. The SMILES string of the molecule is CNCc1cc(S(=O)(=O)NCCOC2CCCC2)c[nH]1. The Labute approximate surface area is 120 Å². The van der Waals surface area contributed by atoms with Crippen molar-refractivity contribution < 1.29 is 13.2 Å². The Morgan fingerprint density at radius 3 is 2.85 bits per heavy atom. The van der Waals surface area contributed by atoms with Crippen LogP contribution in [0, 0.1) is 0 Å². The molecule has 0 amide bonds. The van der Waals surface area contributed by atoms with Gasteiger partial charge in [0, 0.05) is 25.0 Å². The van der Waals surface area contributed by atoms with Crippen LogP contribution in [-0.2, 0) is 21.3 Å². The fourth-order valence-corrected chi connectivity index (χ4v) is 3.44. The standard InChI is InChI=1S/C13H23N3O3S/c1-14-9-11-8-13(10-15-11)20(17,18)16-6-7-19-12-4-2-3-5-12/h8,10,12,14-16H,2-7,9H2,1H3. The lowest BCUT2D eigenvalue weighted by Gasteiger charge is -2.11. The third-order valence-corrected chi connectivity index (χ3v) is 4.88. The third kappa shape index (κ3) is 4.31. The maximum atomic E-state index is 12.0. The Bertz CT molecular complexity index is 507. The highest BCUT2D eigenvalue weighted by Crippen LogP contribution is 2.20. The van der Waals surface area contributed by atoms with Crippen LogP contribution in [0.25, 0.3) is 0 Å². The van der Waals surface area contributed by atoms with Gasteiger partial charge < -0.3 is 15.0 Å². The molecule has 0 atom stereocenters. The van der Waals surface area contributed by atoms with Gasteiger partial charge >= 0.3 is 0 Å². The average molecular weight is 301 g/mol. The fraction of sp³-hybridized carbons (Fsp3) is 0.692. The van der Waals surface area contributed by atoms with Crippen molar-refractivity contribution in [3.63, 3.8) is 0 Å². The molecular formula is C13H23N3O3S. The molecule has 2 rings (SSSR count). The Kier molecular flexibility index (Phi) is 5.59. The second kappa shape index (κ2) is 7.21. The number of ether oxygens (including phenoxy) is 1. The zero-order chi connectivity index (χ0) is 14.4. The molecule has 0 aliphatic heterocycles. The quantitative estimate of drug-likeness (QED) is 0.625. The van der Waals surface area contributed by atoms with Gasteiger partial charge in [-0.3, -0.25) is 0 Å². The zero-order valence-corrected chi connectivity index (χ0v) is 12.6. The molecule has 1 fully saturated rings. The Balaban J connectivity index is 1.77. The topological polar surface area (TPSA) is 83.2 Å². The summed E-state index contributed by atoms with van der Waals surface area (Å²) in [4.78, 5) is 3.20. The van der Waals surface area contributed by atoms with Crippen molar-refractivity contribution in [3.8, 4) is 0 Å². The maximum absolute atomic E-state index is 12.0. The first kappa shape index (κ1) is 15.5. The van der Waals surface area contributed by atoms with E-state index in [0.29, 0.717) is 25.8 Å². The summed E-state index contributed by atoms with van der Waals surface area (Å²) in [6.07, 6.45) is 6.44. The first-order chi connectivity index (χ1) is 9.62. The van der Waals surface area contributed by atoms with E-state index in [-0.39, 0.29) is 4.90 Å². The van der Waals surface area contributed by atoms with E-state index in [1.165, 1.54) is 19.0 Å². The number of H-pyrrole nitrogens is 1. The Hall–Kier alpha value is -0.890. The lowest BCUT2D eigenvalue weighted by molar-refractivity contribution is 0.0626. The van der Waals surface area contributed by atoms with E-state index in [4.69, 9.17) is 4.74 Å². The highest BCUT2D eigenvalue weighted by Gasteiger charge is 2.17. The number of rotatable bonds is 8. The molecule has 1 aliphatic rings. The predicted octanol–water partition coefficient (Wildman–Crippen LogP) is 0.972. The Morgan fingerprint density at radius 1 is 1.40 bits per heavy atom. The second-order valence-electron chi connectivity index (χ2n) is 5.07. The van der Waals surface area contributed by atoms with Crippen LogP contribution in [0.5, 0.6) is 0 Å². The molecule has 0 saturated heterocycles. The monoisotopic (exact) mass is 301 g/mol. The van der Waals surface area contributed by atoms with Crippen LogP contribution < -0.4 is 10.0 Å². The normalized spacial score (nSPS) is 16.9. The number of sulfonamides is 1. The predicted molar refractivity (Wildman–Crippen MR) is 77.0 cm³/mol. The van der Waals surface area contributed by atoms with Crippen molar-refractivity contribution in [1.29, 1.82) is 0 Å². The molecule has 1 aliphatic carbocycles. The van der Waals surface area contributed by atoms with E-state index in [2.05, 4.69) is 15.0 Å². The molecule has 0 aromatic carbocycles. The van der Waals surface area contributed by atoms with E-state index in [1.807, 2.05) is 7.05 Å². The van der Waals surface area contributed by atoms with Crippen LogP contribution in [0.3, 0.4) is 0 Å². The van der Waals surface area contributed by atoms with E-state index in [9.17, 15) is 8.42 Å². The number of nitrogens with one attached hydrogen (secondary N) is 3. The van der Waals surface area contributed by atoms with Gasteiger partial charge in [0.05, 0.1) is 17.6 Å². The van der Waals surface area contributed by atoms with Crippen molar-refractivity contribution in [3.05, 3.63) is 18.0 Å². The molecule has 7 heteroatoms. The van der Waals surface area contributed by atoms with Crippen molar-refractivity contribution in [1.82, 2.24) is 15.0 Å². The van der Waals surface area contributed by atoms with E-state index < -0.39 is 10.0 Å². The van der Waals surface area contributed by atoms with Crippen molar-refractivity contribution in [2.75, 3.05) is 20.2 Å². The summed E-state index contributed by atoms with van der Waals surface area (Å²) < 4.78 is 32.3. The molecule has 1 aromatic rings. The van der Waals surface area contributed by atoms with Crippen LogP contribution in [-0.4, -0.2) is 39.7 Å². The summed E-state index contributed by atoms with van der Waals surface area (Å²) in [6, 6.07) is 1.64. The lowest BCUT2D eigenvalue weighted by atomic mass is 10.3. The van der Waals surface area contributed by atoms with Gasteiger partial charge in [-0.1, -0.05) is 12.8 Å². The average Bonchev–Trinajstić information content (AvgIpc) is 3.06. The summed E-state index contributed by atoms with van der Waals surface area (Å²) in [7, 11) is -1.63. The first-order valence-corrected chi connectivity index (χ1v) is 8.53. The molecule has 20 heavy (non-hydrogen) atoms. The van der Waals surface area contributed by atoms with E-state index in [1.54, 1.807) is 6.07 Å². The molecule has 1 saturated carbocycles. The molecule has 0 radical (unpaired) electrons. The molecule has 0 spiro atoms. The van der Waals surface area contributed by atoms with E-state index in [0.717, 1.165) is 18.5 Å². The minimum Gasteiger partial charge on any atom is -0.377 e. The summed E-state index contributed by atoms with van der Waals surface area (Å²) in [5.74, 6) is 0. The molecule has 1 heterocycles. The fourth-order valence-electron chi connectivity index (χ4n) is 2.41. The minimum absolute atomic E-state index is 0.267. The van der Waals surface area contributed by atoms with Gasteiger partial charge in [-0.05, 0) is 26.0 Å². The third-order valence-electron chi connectivity index (χ3n) is 3.44. The Morgan fingerprint density at radius 2 is 2.15 bits per heavy atom. The largest absolute Gasteiger partial charge is 0.377 e. The van der Waals surface area contributed by atoms with Gasteiger partial charge in [-0.2, -0.15) is 0 Å². The van der Waals surface area contributed by atoms with Gasteiger partial charge in [0.1, 0.15) is 0 Å². The molecule has 6 nitrogen and oxygen atoms in total. The van der Waals surface area contributed by atoms with Gasteiger partial charge in [-0.25, -0.2) is 13.1 Å². The van der Waals surface area contributed by atoms with Crippen LogP contribution in [0.2, 0.25) is 0 Å². The highest BCUT2D eigenvalue weighted by molar-refractivity contribution is 7.89. The van der Waals surface area contributed by atoms with E-state index >= 15 is 0 Å². The maximum Gasteiger partial charge on any atom is 0.242 e. The summed E-state index contributed by atoms with van der Waals surface area (Å²) >= 11 is 0. The van der Waals surface area contributed by atoms with Crippen molar-refractivity contribution in [2.45, 2.75) is 43.2 Å². The molecule has 114 valence electrons. The van der Waals surface area contributed by atoms with Crippen molar-refractivity contribution in [2.24, 2.45) is 0 Å². The van der Waals surface area contributed by atoms with Crippen LogP contribution in [0.1, 0.15) is 31.4 Å².